The molecule has 2 aliphatic heterocycles. The summed E-state index contributed by atoms with van der Waals surface area (Å²) in [5, 5.41) is 0. The number of carbonyl (C=O) groups is 2. The van der Waals surface area contributed by atoms with Crippen molar-refractivity contribution in [2.24, 2.45) is 5.92 Å². The number of hydrogen-bond donors (Lipinski definition) is 0. The van der Waals surface area contributed by atoms with Gasteiger partial charge in [-0.05, 0) is 54.9 Å². The lowest BCUT2D eigenvalue weighted by atomic mass is 9.89. The van der Waals surface area contributed by atoms with Gasteiger partial charge in [0.2, 0.25) is 11.8 Å². The Balaban J connectivity index is 1.47. The van der Waals surface area contributed by atoms with E-state index in [-0.39, 0.29) is 29.8 Å². The molecule has 2 aliphatic rings. The van der Waals surface area contributed by atoms with Crippen LogP contribution in [0.5, 0.6) is 0 Å². The lowest BCUT2D eigenvalue weighted by molar-refractivity contribution is -0.143. The van der Waals surface area contributed by atoms with E-state index in [1.165, 1.54) is 12.1 Å². The molecule has 188 valence electrons. The largest absolute Gasteiger partial charge is 0.416 e. The van der Waals surface area contributed by atoms with Crippen LogP contribution >= 0.6 is 0 Å². The molecule has 2 heterocycles. The standard InChI is InChI=1S/C28H33F3N2O2/c1-3-20(17-21-8-6-9-22(18-21)28(29,30)31)11-13-26(35)33-16-15-32-24(12-14-25(32)34)27(33)23-10-5-4-7-19(23)2/h4-10,18,20,24,27H,3,11-17H2,1-2H3. The van der Waals surface area contributed by atoms with Gasteiger partial charge < -0.3 is 9.80 Å². The second kappa shape index (κ2) is 10.4. The molecule has 2 amide bonds. The Kier molecular flexibility index (Phi) is 7.53. The van der Waals surface area contributed by atoms with Crippen molar-refractivity contribution >= 4 is 11.8 Å². The van der Waals surface area contributed by atoms with Gasteiger partial charge in [-0.15, -0.1) is 0 Å². The van der Waals surface area contributed by atoms with Crippen molar-refractivity contribution < 1.29 is 22.8 Å². The maximum Gasteiger partial charge on any atom is 0.416 e. The fourth-order valence-corrected chi connectivity index (χ4v) is 5.64. The number of carbonyl (C=O) groups excluding carboxylic acids is 2. The molecule has 2 fully saturated rings. The van der Waals surface area contributed by atoms with E-state index in [1.807, 2.05) is 41.8 Å². The first-order valence-electron chi connectivity index (χ1n) is 12.5. The van der Waals surface area contributed by atoms with E-state index in [0.717, 1.165) is 30.0 Å². The smallest absolute Gasteiger partial charge is 0.335 e. The summed E-state index contributed by atoms with van der Waals surface area (Å²) >= 11 is 0. The third-order valence-corrected chi connectivity index (χ3v) is 7.61. The van der Waals surface area contributed by atoms with E-state index >= 15 is 0 Å². The zero-order chi connectivity index (χ0) is 25.2. The van der Waals surface area contributed by atoms with Crippen LogP contribution in [0.2, 0.25) is 0 Å². The maximum atomic E-state index is 13.5. The lowest BCUT2D eigenvalue weighted by Crippen LogP contribution is -2.55. The highest BCUT2D eigenvalue weighted by Crippen LogP contribution is 2.39. The van der Waals surface area contributed by atoms with Gasteiger partial charge in [0.05, 0.1) is 17.6 Å². The van der Waals surface area contributed by atoms with E-state index in [0.29, 0.717) is 44.3 Å². The molecule has 0 spiro atoms. The number of aryl methyl sites for hydroxylation is 1. The maximum absolute atomic E-state index is 13.5. The van der Waals surface area contributed by atoms with E-state index in [2.05, 4.69) is 6.07 Å². The van der Waals surface area contributed by atoms with Gasteiger partial charge in [0, 0.05) is 25.9 Å². The quantitative estimate of drug-likeness (QED) is 0.486. The Morgan fingerprint density at radius 3 is 2.60 bits per heavy atom. The van der Waals surface area contributed by atoms with E-state index in [4.69, 9.17) is 0 Å². The molecule has 0 aliphatic carbocycles. The van der Waals surface area contributed by atoms with Crippen LogP contribution in [0, 0.1) is 12.8 Å². The predicted octanol–water partition coefficient (Wildman–Crippen LogP) is 5.94. The van der Waals surface area contributed by atoms with Gasteiger partial charge in [-0.2, -0.15) is 13.2 Å². The molecule has 0 N–H and O–H groups in total. The minimum absolute atomic E-state index is 0.00613. The number of fused-ring (bicyclic) bond motifs is 1. The molecule has 3 unspecified atom stereocenters. The van der Waals surface area contributed by atoms with Crippen molar-refractivity contribution in [1.82, 2.24) is 9.80 Å². The number of benzene rings is 2. The first-order chi connectivity index (χ1) is 16.7. The molecule has 0 aromatic heterocycles. The van der Waals surface area contributed by atoms with Gasteiger partial charge in [-0.3, -0.25) is 9.59 Å². The van der Waals surface area contributed by atoms with E-state index in [1.54, 1.807) is 6.07 Å². The first kappa shape index (κ1) is 25.3. The topological polar surface area (TPSA) is 40.6 Å². The van der Waals surface area contributed by atoms with Gasteiger partial charge in [-0.25, -0.2) is 0 Å². The highest BCUT2D eigenvalue weighted by atomic mass is 19.4. The summed E-state index contributed by atoms with van der Waals surface area (Å²) in [6, 6.07) is 13.4. The fraction of sp³-hybridized carbons (Fsp3) is 0.500. The molecular weight excluding hydrogens is 453 g/mol. The second-order valence-corrected chi connectivity index (χ2v) is 9.80. The van der Waals surface area contributed by atoms with E-state index in [9.17, 15) is 22.8 Å². The predicted molar refractivity (Wildman–Crippen MR) is 129 cm³/mol. The summed E-state index contributed by atoms with van der Waals surface area (Å²) in [6.07, 6.45) is -0.827. The van der Waals surface area contributed by atoms with Gasteiger partial charge >= 0.3 is 6.18 Å². The van der Waals surface area contributed by atoms with Crippen LogP contribution in [-0.2, 0) is 22.2 Å². The van der Waals surface area contributed by atoms with Crippen LogP contribution in [-0.4, -0.2) is 40.7 Å². The Labute approximate surface area is 205 Å². The van der Waals surface area contributed by atoms with Gasteiger partial charge in [0.25, 0.3) is 0 Å². The summed E-state index contributed by atoms with van der Waals surface area (Å²) < 4.78 is 39.3. The van der Waals surface area contributed by atoms with Crippen molar-refractivity contribution in [2.75, 3.05) is 13.1 Å². The zero-order valence-corrected chi connectivity index (χ0v) is 20.4. The number of halogens is 3. The molecule has 2 aromatic rings. The van der Waals surface area contributed by atoms with Crippen LogP contribution in [0.3, 0.4) is 0 Å². The summed E-state index contributed by atoms with van der Waals surface area (Å²) in [7, 11) is 0. The SMILES string of the molecule is CCC(CCC(=O)N1CCN2C(=O)CCC2C1c1ccccc1C)Cc1cccc(C(F)(F)F)c1. The third kappa shape index (κ3) is 5.54. The molecule has 3 atom stereocenters. The van der Waals surface area contributed by atoms with Crippen molar-refractivity contribution in [3.63, 3.8) is 0 Å². The fourth-order valence-electron chi connectivity index (χ4n) is 5.64. The number of piperazine rings is 1. The van der Waals surface area contributed by atoms with Crippen LogP contribution < -0.4 is 0 Å². The molecule has 7 heteroatoms. The molecule has 2 saturated heterocycles. The lowest BCUT2D eigenvalue weighted by Gasteiger charge is -2.45. The first-order valence-corrected chi connectivity index (χ1v) is 12.5. The summed E-state index contributed by atoms with van der Waals surface area (Å²) in [5.74, 6) is 0.334. The minimum Gasteiger partial charge on any atom is -0.335 e. The van der Waals surface area contributed by atoms with Crippen molar-refractivity contribution in [3.05, 3.63) is 70.8 Å². The number of alkyl halides is 3. The van der Waals surface area contributed by atoms with Crippen molar-refractivity contribution in [2.45, 2.75) is 70.6 Å². The van der Waals surface area contributed by atoms with Crippen molar-refractivity contribution in [3.8, 4) is 0 Å². The third-order valence-electron chi connectivity index (χ3n) is 7.61. The average Bonchev–Trinajstić information content (AvgIpc) is 3.22. The average molecular weight is 487 g/mol. The van der Waals surface area contributed by atoms with Crippen LogP contribution in [0.15, 0.2) is 48.5 Å². The minimum atomic E-state index is -4.36. The highest BCUT2D eigenvalue weighted by molar-refractivity contribution is 5.81. The molecule has 35 heavy (non-hydrogen) atoms. The van der Waals surface area contributed by atoms with Gasteiger partial charge in [0.15, 0.2) is 0 Å². The summed E-state index contributed by atoms with van der Waals surface area (Å²) in [6.45, 7) is 5.11. The highest BCUT2D eigenvalue weighted by Gasteiger charge is 2.45. The monoisotopic (exact) mass is 486 g/mol. The Morgan fingerprint density at radius 1 is 1.11 bits per heavy atom. The van der Waals surface area contributed by atoms with Gasteiger partial charge in [-0.1, -0.05) is 55.8 Å². The number of rotatable bonds is 7. The number of amides is 2. The van der Waals surface area contributed by atoms with Gasteiger partial charge in [0.1, 0.15) is 0 Å². The van der Waals surface area contributed by atoms with Crippen LogP contribution in [0.4, 0.5) is 13.2 Å². The number of hydrogen-bond acceptors (Lipinski definition) is 2. The van der Waals surface area contributed by atoms with Crippen molar-refractivity contribution in [1.29, 1.82) is 0 Å². The molecule has 2 aromatic carbocycles. The Hall–Kier alpha value is -2.83. The number of nitrogens with zero attached hydrogens (tertiary/aromatic N) is 2. The van der Waals surface area contributed by atoms with E-state index < -0.39 is 11.7 Å². The molecule has 0 radical (unpaired) electrons. The molecule has 0 bridgehead atoms. The zero-order valence-electron chi connectivity index (χ0n) is 20.4. The second-order valence-electron chi connectivity index (χ2n) is 9.80. The van der Waals surface area contributed by atoms with Crippen LogP contribution in [0.1, 0.15) is 67.3 Å². The molecular formula is C28H33F3N2O2. The normalized spacial score (nSPS) is 21.2. The Morgan fingerprint density at radius 2 is 1.89 bits per heavy atom. The molecule has 4 nitrogen and oxygen atoms in total. The summed E-state index contributed by atoms with van der Waals surface area (Å²) in [4.78, 5) is 29.8. The Bertz CT molecular complexity index is 1070. The summed E-state index contributed by atoms with van der Waals surface area (Å²) in [5.41, 5.74) is 2.20. The van der Waals surface area contributed by atoms with Crippen LogP contribution in [0.25, 0.3) is 0 Å². The molecule has 4 rings (SSSR count). The molecule has 0 saturated carbocycles.